The number of hydrogen-bond acceptors (Lipinski definition) is 3. The lowest BCUT2D eigenvalue weighted by Gasteiger charge is -2.19. The Morgan fingerprint density at radius 3 is 2.24 bits per heavy atom. The van der Waals surface area contributed by atoms with Gasteiger partial charge in [-0.1, -0.05) is 32.9 Å². The molecule has 0 radical (unpaired) electrons. The van der Waals surface area contributed by atoms with Crippen molar-refractivity contribution in [2.45, 2.75) is 36.3 Å². The molecule has 1 atom stereocenters. The van der Waals surface area contributed by atoms with Crippen LogP contribution >= 0.6 is 11.8 Å². The molecule has 0 aromatic heterocycles. The first-order valence-corrected chi connectivity index (χ1v) is 6.42. The molecule has 3 nitrogen and oxygen atoms in total. The SMILES string of the molecule is CC(C)(C)c1ccc(SC(CN)C(=O)O)cc1. The van der Waals surface area contributed by atoms with E-state index in [0.29, 0.717) is 0 Å². The first-order valence-electron chi connectivity index (χ1n) is 5.54. The van der Waals surface area contributed by atoms with E-state index in [1.807, 2.05) is 24.3 Å². The lowest BCUT2D eigenvalue weighted by Crippen LogP contribution is -2.25. The fourth-order valence-corrected chi connectivity index (χ4v) is 2.22. The highest BCUT2D eigenvalue weighted by Gasteiger charge is 2.17. The molecular formula is C13H19NO2S. The molecule has 0 amide bonds. The standard InChI is InChI=1S/C13H19NO2S/c1-13(2,3)9-4-6-10(7-5-9)17-11(8-14)12(15)16/h4-7,11H,8,14H2,1-3H3,(H,15,16). The van der Waals surface area contributed by atoms with Crippen LogP contribution in [0.15, 0.2) is 29.2 Å². The van der Waals surface area contributed by atoms with Crippen LogP contribution < -0.4 is 5.73 Å². The molecule has 0 spiro atoms. The van der Waals surface area contributed by atoms with Gasteiger partial charge in [0.2, 0.25) is 0 Å². The first-order chi connectivity index (χ1) is 7.84. The maximum absolute atomic E-state index is 10.9. The Kier molecular flexibility index (Phi) is 4.60. The van der Waals surface area contributed by atoms with Gasteiger partial charge in [0.15, 0.2) is 0 Å². The molecule has 0 fully saturated rings. The monoisotopic (exact) mass is 253 g/mol. The van der Waals surface area contributed by atoms with Crippen LogP contribution in [0.3, 0.4) is 0 Å². The zero-order valence-electron chi connectivity index (χ0n) is 10.4. The molecule has 0 bridgehead atoms. The topological polar surface area (TPSA) is 63.3 Å². The van der Waals surface area contributed by atoms with E-state index in [4.69, 9.17) is 10.8 Å². The number of benzene rings is 1. The second-order valence-corrected chi connectivity index (χ2v) is 6.23. The second-order valence-electron chi connectivity index (χ2n) is 4.95. The zero-order chi connectivity index (χ0) is 13.1. The molecule has 1 rings (SSSR count). The number of carboxylic acid groups (broad SMARTS) is 1. The third-order valence-electron chi connectivity index (χ3n) is 2.49. The molecule has 1 aromatic carbocycles. The minimum Gasteiger partial charge on any atom is -0.480 e. The Bertz CT molecular complexity index is 381. The molecule has 4 heteroatoms. The van der Waals surface area contributed by atoms with Crippen LogP contribution in [0.1, 0.15) is 26.3 Å². The fraction of sp³-hybridized carbons (Fsp3) is 0.462. The normalized spacial score (nSPS) is 13.4. The number of thioether (sulfide) groups is 1. The quantitative estimate of drug-likeness (QED) is 0.809. The van der Waals surface area contributed by atoms with Crippen LogP contribution in [-0.4, -0.2) is 22.9 Å². The molecular weight excluding hydrogens is 234 g/mol. The molecule has 1 aromatic rings. The molecule has 94 valence electrons. The molecule has 0 saturated heterocycles. The highest BCUT2D eigenvalue weighted by atomic mass is 32.2. The van der Waals surface area contributed by atoms with Gasteiger partial charge in [-0.25, -0.2) is 0 Å². The average Bonchev–Trinajstić information content (AvgIpc) is 2.25. The van der Waals surface area contributed by atoms with Crippen molar-refractivity contribution in [3.63, 3.8) is 0 Å². The van der Waals surface area contributed by atoms with Gasteiger partial charge in [0.25, 0.3) is 0 Å². The van der Waals surface area contributed by atoms with Crippen molar-refractivity contribution in [1.82, 2.24) is 0 Å². The van der Waals surface area contributed by atoms with E-state index < -0.39 is 11.2 Å². The summed E-state index contributed by atoms with van der Waals surface area (Å²) in [6.07, 6.45) is 0. The summed E-state index contributed by atoms with van der Waals surface area (Å²) in [4.78, 5) is 11.8. The van der Waals surface area contributed by atoms with E-state index in [1.54, 1.807) is 0 Å². The Hall–Kier alpha value is -1.00. The molecule has 0 aliphatic carbocycles. The van der Waals surface area contributed by atoms with Gasteiger partial charge in [-0.3, -0.25) is 4.79 Å². The maximum atomic E-state index is 10.9. The minimum absolute atomic E-state index is 0.114. The van der Waals surface area contributed by atoms with Crippen LogP contribution in [0.25, 0.3) is 0 Å². The number of carboxylic acids is 1. The molecule has 17 heavy (non-hydrogen) atoms. The van der Waals surface area contributed by atoms with Crippen molar-refractivity contribution in [3.8, 4) is 0 Å². The van der Waals surface area contributed by atoms with E-state index in [2.05, 4.69) is 20.8 Å². The van der Waals surface area contributed by atoms with E-state index in [1.165, 1.54) is 17.3 Å². The Morgan fingerprint density at radius 2 is 1.88 bits per heavy atom. The minimum atomic E-state index is -0.864. The fourth-order valence-electron chi connectivity index (χ4n) is 1.40. The largest absolute Gasteiger partial charge is 0.480 e. The van der Waals surface area contributed by atoms with Crippen LogP contribution in [0.4, 0.5) is 0 Å². The van der Waals surface area contributed by atoms with Gasteiger partial charge in [0.05, 0.1) is 0 Å². The highest BCUT2D eigenvalue weighted by molar-refractivity contribution is 8.00. The number of carbonyl (C=O) groups is 1. The summed E-state index contributed by atoms with van der Waals surface area (Å²) in [7, 11) is 0. The summed E-state index contributed by atoms with van der Waals surface area (Å²) in [6.45, 7) is 6.58. The van der Waals surface area contributed by atoms with Gasteiger partial charge < -0.3 is 10.8 Å². The van der Waals surface area contributed by atoms with E-state index in [9.17, 15) is 4.79 Å². The van der Waals surface area contributed by atoms with Crippen molar-refractivity contribution in [2.75, 3.05) is 6.54 Å². The summed E-state index contributed by atoms with van der Waals surface area (Å²) in [5.74, 6) is -0.864. The summed E-state index contributed by atoms with van der Waals surface area (Å²) < 4.78 is 0. The van der Waals surface area contributed by atoms with E-state index in [0.717, 1.165) is 4.90 Å². The number of rotatable bonds is 4. The maximum Gasteiger partial charge on any atom is 0.318 e. The van der Waals surface area contributed by atoms with Crippen molar-refractivity contribution >= 4 is 17.7 Å². The van der Waals surface area contributed by atoms with Gasteiger partial charge in [-0.15, -0.1) is 11.8 Å². The molecule has 0 heterocycles. The highest BCUT2D eigenvalue weighted by Crippen LogP contribution is 2.27. The second kappa shape index (κ2) is 5.56. The average molecular weight is 253 g/mol. The molecule has 0 aliphatic rings. The van der Waals surface area contributed by atoms with Crippen molar-refractivity contribution < 1.29 is 9.90 Å². The van der Waals surface area contributed by atoms with Crippen LogP contribution in [-0.2, 0) is 10.2 Å². The number of aliphatic carboxylic acids is 1. The predicted octanol–water partition coefficient (Wildman–Crippen LogP) is 2.49. The smallest absolute Gasteiger partial charge is 0.318 e. The lowest BCUT2D eigenvalue weighted by atomic mass is 9.87. The van der Waals surface area contributed by atoms with Crippen molar-refractivity contribution in [3.05, 3.63) is 29.8 Å². The Morgan fingerprint density at radius 1 is 1.35 bits per heavy atom. The summed E-state index contributed by atoms with van der Waals surface area (Å²) in [5, 5.41) is 8.34. The van der Waals surface area contributed by atoms with Gasteiger partial charge in [-0.2, -0.15) is 0 Å². The van der Waals surface area contributed by atoms with Gasteiger partial charge in [-0.05, 0) is 23.1 Å². The lowest BCUT2D eigenvalue weighted by molar-refractivity contribution is -0.136. The summed E-state index contributed by atoms with van der Waals surface area (Å²) in [6, 6.07) is 7.99. The van der Waals surface area contributed by atoms with Gasteiger partial charge in [0.1, 0.15) is 5.25 Å². The zero-order valence-corrected chi connectivity index (χ0v) is 11.3. The first kappa shape index (κ1) is 14.1. The summed E-state index contributed by atoms with van der Waals surface area (Å²) in [5.41, 5.74) is 6.77. The Balaban J connectivity index is 2.78. The third kappa shape index (κ3) is 4.06. The molecule has 3 N–H and O–H groups in total. The predicted molar refractivity (Wildman–Crippen MR) is 71.5 cm³/mol. The van der Waals surface area contributed by atoms with Crippen molar-refractivity contribution in [2.24, 2.45) is 5.73 Å². The molecule has 0 aliphatic heterocycles. The number of hydrogen-bond donors (Lipinski definition) is 2. The molecule has 0 saturated carbocycles. The van der Waals surface area contributed by atoms with Gasteiger partial charge >= 0.3 is 5.97 Å². The summed E-state index contributed by atoms with van der Waals surface area (Å²) >= 11 is 1.29. The van der Waals surface area contributed by atoms with Crippen molar-refractivity contribution in [1.29, 1.82) is 0 Å². The van der Waals surface area contributed by atoms with Crippen LogP contribution in [0.5, 0.6) is 0 Å². The van der Waals surface area contributed by atoms with Crippen LogP contribution in [0.2, 0.25) is 0 Å². The van der Waals surface area contributed by atoms with E-state index in [-0.39, 0.29) is 12.0 Å². The van der Waals surface area contributed by atoms with Crippen LogP contribution in [0, 0.1) is 0 Å². The Labute approximate surface area is 106 Å². The van der Waals surface area contributed by atoms with Gasteiger partial charge in [0, 0.05) is 11.4 Å². The van der Waals surface area contributed by atoms with E-state index >= 15 is 0 Å². The third-order valence-corrected chi connectivity index (χ3v) is 3.71. The number of nitrogens with two attached hydrogens (primary N) is 1. The molecule has 1 unspecified atom stereocenters.